The van der Waals surface area contributed by atoms with Crippen molar-refractivity contribution in [3.8, 4) is 0 Å². The molecule has 0 saturated carbocycles. The van der Waals surface area contributed by atoms with Gasteiger partial charge in [0.1, 0.15) is 0 Å². The van der Waals surface area contributed by atoms with Crippen molar-refractivity contribution in [3.05, 3.63) is 24.4 Å². The summed E-state index contributed by atoms with van der Waals surface area (Å²) in [6.45, 7) is 4.81. The molecule has 0 spiro atoms. The summed E-state index contributed by atoms with van der Waals surface area (Å²) in [6.07, 6.45) is 2.30. The minimum Gasteiger partial charge on any atom is -0.393 e. The summed E-state index contributed by atoms with van der Waals surface area (Å²) in [5.41, 5.74) is 0.933. The first-order chi connectivity index (χ1) is 10.4. The Morgan fingerprint density at radius 3 is 2.59 bits per heavy atom. The minimum atomic E-state index is -3.50. The molecule has 2 heterocycles. The van der Waals surface area contributed by atoms with Crippen LogP contribution in [0.1, 0.15) is 32.7 Å². The highest BCUT2D eigenvalue weighted by Gasteiger charge is 2.29. The van der Waals surface area contributed by atoms with E-state index in [2.05, 4.69) is 5.10 Å². The van der Waals surface area contributed by atoms with Crippen molar-refractivity contribution in [1.29, 1.82) is 0 Å². The number of benzene rings is 1. The molecule has 1 aliphatic heterocycles. The van der Waals surface area contributed by atoms with Gasteiger partial charge in [0, 0.05) is 24.5 Å². The molecule has 0 bridgehead atoms. The number of hydrogen-bond acceptors (Lipinski definition) is 4. The zero-order valence-corrected chi connectivity index (χ0v) is 13.6. The van der Waals surface area contributed by atoms with Crippen LogP contribution < -0.4 is 0 Å². The van der Waals surface area contributed by atoms with Gasteiger partial charge in [-0.3, -0.25) is 4.68 Å². The molecule has 0 aliphatic carbocycles. The lowest BCUT2D eigenvalue weighted by Crippen LogP contribution is -2.39. The highest BCUT2D eigenvalue weighted by atomic mass is 32.2. The Balaban J connectivity index is 1.96. The Bertz CT molecular complexity index is 774. The number of aliphatic hydroxyl groups excluding tert-OH is 1. The second kappa shape index (κ2) is 5.64. The third-order valence-electron chi connectivity index (χ3n) is 4.12. The predicted molar refractivity (Wildman–Crippen MR) is 84.1 cm³/mol. The van der Waals surface area contributed by atoms with Crippen LogP contribution in [0.5, 0.6) is 0 Å². The molecular weight excluding hydrogens is 302 g/mol. The van der Waals surface area contributed by atoms with E-state index in [1.807, 2.05) is 24.6 Å². The van der Waals surface area contributed by atoms with Gasteiger partial charge < -0.3 is 5.11 Å². The van der Waals surface area contributed by atoms with Crippen molar-refractivity contribution in [2.75, 3.05) is 13.1 Å². The largest absolute Gasteiger partial charge is 0.393 e. The number of nitrogens with zero attached hydrogens (tertiary/aromatic N) is 3. The van der Waals surface area contributed by atoms with E-state index < -0.39 is 16.1 Å². The van der Waals surface area contributed by atoms with Crippen molar-refractivity contribution in [2.24, 2.45) is 0 Å². The molecule has 1 fully saturated rings. The summed E-state index contributed by atoms with van der Waals surface area (Å²) in [7, 11) is -3.50. The summed E-state index contributed by atoms with van der Waals surface area (Å²) in [4.78, 5) is 0.291. The van der Waals surface area contributed by atoms with Gasteiger partial charge in [-0.05, 0) is 44.9 Å². The maximum atomic E-state index is 12.7. The number of piperidine rings is 1. The van der Waals surface area contributed by atoms with Crippen LogP contribution in [-0.4, -0.2) is 46.8 Å². The molecule has 1 saturated heterocycles. The normalized spacial score (nSPS) is 18.4. The van der Waals surface area contributed by atoms with Crippen LogP contribution in [-0.2, 0) is 10.0 Å². The smallest absolute Gasteiger partial charge is 0.243 e. The third kappa shape index (κ3) is 2.64. The van der Waals surface area contributed by atoms with E-state index >= 15 is 0 Å². The van der Waals surface area contributed by atoms with Gasteiger partial charge in [0.05, 0.1) is 22.7 Å². The maximum Gasteiger partial charge on any atom is 0.243 e. The van der Waals surface area contributed by atoms with Gasteiger partial charge in [-0.1, -0.05) is 0 Å². The molecule has 0 atom stereocenters. The standard InChI is InChI=1S/C15H21N3O3S/c1-11(2)18-15-4-3-14(9-12(15)10-16-18)22(20,21)17-7-5-13(19)6-8-17/h3-4,9-11,13,19H,5-8H2,1-2H3. The zero-order chi connectivity index (χ0) is 15.9. The number of aromatic nitrogens is 2. The lowest BCUT2D eigenvalue weighted by Gasteiger charge is -2.28. The van der Waals surface area contributed by atoms with Crippen LogP contribution >= 0.6 is 0 Å². The molecule has 3 rings (SSSR count). The van der Waals surface area contributed by atoms with E-state index in [4.69, 9.17) is 0 Å². The first kappa shape index (κ1) is 15.5. The van der Waals surface area contributed by atoms with E-state index in [1.54, 1.807) is 18.3 Å². The van der Waals surface area contributed by atoms with Gasteiger partial charge in [0.25, 0.3) is 0 Å². The first-order valence-electron chi connectivity index (χ1n) is 7.55. The molecule has 1 aromatic heterocycles. The molecule has 120 valence electrons. The van der Waals surface area contributed by atoms with Gasteiger partial charge in [-0.15, -0.1) is 0 Å². The third-order valence-corrected chi connectivity index (χ3v) is 6.01. The van der Waals surface area contributed by atoms with Crippen molar-refractivity contribution in [2.45, 2.75) is 43.7 Å². The van der Waals surface area contributed by atoms with Crippen LogP contribution in [0, 0.1) is 0 Å². The molecule has 1 aliphatic rings. The van der Waals surface area contributed by atoms with E-state index in [9.17, 15) is 13.5 Å². The Morgan fingerprint density at radius 2 is 1.95 bits per heavy atom. The topological polar surface area (TPSA) is 75.4 Å². The lowest BCUT2D eigenvalue weighted by atomic mass is 10.1. The van der Waals surface area contributed by atoms with Crippen molar-refractivity contribution in [3.63, 3.8) is 0 Å². The van der Waals surface area contributed by atoms with E-state index in [0.29, 0.717) is 30.8 Å². The van der Waals surface area contributed by atoms with Crippen LogP contribution in [0.2, 0.25) is 0 Å². The second-order valence-electron chi connectivity index (χ2n) is 6.04. The molecule has 6 nitrogen and oxygen atoms in total. The number of fused-ring (bicyclic) bond motifs is 1. The van der Waals surface area contributed by atoms with Gasteiger partial charge in [0.15, 0.2) is 0 Å². The highest BCUT2D eigenvalue weighted by molar-refractivity contribution is 7.89. The Hall–Kier alpha value is -1.44. The maximum absolute atomic E-state index is 12.7. The van der Waals surface area contributed by atoms with Gasteiger partial charge in [-0.2, -0.15) is 9.40 Å². The number of aliphatic hydroxyl groups is 1. The molecule has 0 amide bonds. The Kier molecular flexibility index (Phi) is 3.96. The van der Waals surface area contributed by atoms with Crippen molar-refractivity contribution >= 4 is 20.9 Å². The molecule has 2 aromatic rings. The highest BCUT2D eigenvalue weighted by Crippen LogP contribution is 2.25. The zero-order valence-electron chi connectivity index (χ0n) is 12.8. The van der Waals surface area contributed by atoms with E-state index in [-0.39, 0.29) is 6.04 Å². The summed E-state index contributed by atoms with van der Waals surface area (Å²) in [6, 6.07) is 5.36. The average Bonchev–Trinajstić information content (AvgIpc) is 2.90. The van der Waals surface area contributed by atoms with Crippen LogP contribution in [0.15, 0.2) is 29.3 Å². The molecule has 22 heavy (non-hydrogen) atoms. The second-order valence-corrected chi connectivity index (χ2v) is 7.98. The number of rotatable bonds is 3. The predicted octanol–water partition coefficient (Wildman–Crippen LogP) is 1.76. The average molecular weight is 323 g/mol. The summed E-state index contributed by atoms with van der Waals surface area (Å²) < 4.78 is 28.7. The summed E-state index contributed by atoms with van der Waals surface area (Å²) in [5.74, 6) is 0. The van der Waals surface area contributed by atoms with Crippen molar-refractivity contribution < 1.29 is 13.5 Å². The molecular formula is C15H21N3O3S. The van der Waals surface area contributed by atoms with Crippen LogP contribution in [0.3, 0.4) is 0 Å². The van der Waals surface area contributed by atoms with Crippen molar-refractivity contribution in [1.82, 2.24) is 14.1 Å². The number of hydrogen-bond donors (Lipinski definition) is 1. The minimum absolute atomic E-state index is 0.225. The molecule has 0 radical (unpaired) electrons. The first-order valence-corrected chi connectivity index (χ1v) is 8.99. The fourth-order valence-corrected chi connectivity index (χ4v) is 4.34. The fourth-order valence-electron chi connectivity index (χ4n) is 2.83. The molecule has 1 aromatic carbocycles. The van der Waals surface area contributed by atoms with Crippen LogP contribution in [0.25, 0.3) is 10.9 Å². The Morgan fingerprint density at radius 1 is 1.27 bits per heavy atom. The quantitative estimate of drug-likeness (QED) is 0.934. The van der Waals surface area contributed by atoms with Crippen LogP contribution in [0.4, 0.5) is 0 Å². The number of sulfonamides is 1. The van der Waals surface area contributed by atoms with Gasteiger partial charge in [-0.25, -0.2) is 8.42 Å². The Labute approximate surface area is 130 Å². The molecule has 0 unspecified atom stereocenters. The van der Waals surface area contributed by atoms with E-state index in [0.717, 1.165) is 10.9 Å². The van der Waals surface area contributed by atoms with Gasteiger partial charge >= 0.3 is 0 Å². The van der Waals surface area contributed by atoms with E-state index in [1.165, 1.54) is 4.31 Å². The van der Waals surface area contributed by atoms with Gasteiger partial charge in [0.2, 0.25) is 10.0 Å². The molecule has 7 heteroatoms. The lowest BCUT2D eigenvalue weighted by molar-refractivity contribution is 0.113. The SMILES string of the molecule is CC(C)n1ncc2cc(S(=O)(=O)N3CCC(O)CC3)ccc21. The molecule has 1 N–H and O–H groups in total. The monoisotopic (exact) mass is 323 g/mol. The summed E-state index contributed by atoms with van der Waals surface area (Å²) in [5, 5.41) is 14.7. The summed E-state index contributed by atoms with van der Waals surface area (Å²) >= 11 is 0. The fraction of sp³-hybridized carbons (Fsp3) is 0.533.